The van der Waals surface area contributed by atoms with Crippen molar-refractivity contribution in [3.63, 3.8) is 0 Å². The zero-order valence-corrected chi connectivity index (χ0v) is 13.6. The third kappa shape index (κ3) is 5.23. The van der Waals surface area contributed by atoms with E-state index in [-0.39, 0.29) is 24.3 Å². The summed E-state index contributed by atoms with van der Waals surface area (Å²) < 4.78 is 0. The van der Waals surface area contributed by atoms with E-state index in [2.05, 4.69) is 16.0 Å². The van der Waals surface area contributed by atoms with Crippen LogP contribution in [-0.4, -0.2) is 24.3 Å². The van der Waals surface area contributed by atoms with Gasteiger partial charge in [0, 0.05) is 23.2 Å². The minimum atomic E-state index is -0.320. The fraction of sp³-hybridized carbons (Fsp3) is 0.188. The topological polar surface area (TPSA) is 87.3 Å². The Morgan fingerprint density at radius 3 is 2.09 bits per heavy atom. The first kappa shape index (κ1) is 16.7. The first-order valence-corrected chi connectivity index (χ1v) is 7.78. The number of amides is 3. The predicted molar refractivity (Wildman–Crippen MR) is 90.8 cm³/mol. The lowest BCUT2D eigenvalue weighted by Gasteiger charge is -2.07. The summed E-state index contributed by atoms with van der Waals surface area (Å²) in [6.07, 6.45) is 0. The largest absolute Gasteiger partial charge is 0.342 e. The molecule has 23 heavy (non-hydrogen) atoms. The zero-order chi connectivity index (χ0) is 16.8. The summed E-state index contributed by atoms with van der Waals surface area (Å²) in [5, 5.41) is 7.88. The van der Waals surface area contributed by atoms with Crippen LogP contribution in [0.25, 0.3) is 0 Å². The van der Waals surface area contributed by atoms with Crippen LogP contribution in [-0.2, 0) is 9.59 Å². The normalized spacial score (nSPS) is 10.0. The van der Waals surface area contributed by atoms with E-state index in [1.807, 2.05) is 13.0 Å². The molecule has 0 aliphatic heterocycles. The van der Waals surface area contributed by atoms with Gasteiger partial charge in [-0.3, -0.25) is 14.4 Å². The predicted octanol–water partition coefficient (Wildman–Crippen LogP) is 2.38. The Labute approximate surface area is 137 Å². The lowest BCUT2D eigenvalue weighted by Crippen LogP contribution is -2.32. The second kappa shape index (κ2) is 7.55. The number of hydrogen-bond donors (Lipinski definition) is 3. The van der Waals surface area contributed by atoms with Gasteiger partial charge in [0.05, 0.1) is 11.4 Å². The fourth-order valence-electron chi connectivity index (χ4n) is 1.85. The Balaban J connectivity index is 1.82. The summed E-state index contributed by atoms with van der Waals surface area (Å²) in [4.78, 5) is 36.2. The van der Waals surface area contributed by atoms with Crippen molar-refractivity contribution in [3.05, 3.63) is 46.2 Å². The second-order valence-corrected chi connectivity index (χ2v) is 6.19. The highest BCUT2D eigenvalue weighted by molar-refractivity contribution is 7.13. The van der Waals surface area contributed by atoms with Crippen molar-refractivity contribution in [1.29, 1.82) is 0 Å². The Kier molecular flexibility index (Phi) is 5.48. The van der Waals surface area contributed by atoms with Gasteiger partial charge in [0.25, 0.3) is 5.91 Å². The molecule has 2 aromatic rings. The van der Waals surface area contributed by atoms with E-state index < -0.39 is 0 Å². The Bertz CT molecular complexity index is 722. The second-order valence-electron chi connectivity index (χ2n) is 4.90. The minimum Gasteiger partial charge on any atom is -0.342 e. The maximum absolute atomic E-state index is 11.8. The van der Waals surface area contributed by atoms with Gasteiger partial charge in [-0.15, -0.1) is 11.3 Å². The van der Waals surface area contributed by atoms with Crippen molar-refractivity contribution in [2.45, 2.75) is 13.8 Å². The number of carbonyl (C=O) groups excluding carboxylic acids is 3. The molecule has 0 saturated heterocycles. The number of benzene rings is 1. The molecule has 0 bridgehead atoms. The summed E-state index contributed by atoms with van der Waals surface area (Å²) in [7, 11) is 0. The van der Waals surface area contributed by atoms with Crippen LogP contribution in [0, 0.1) is 6.92 Å². The Hall–Kier alpha value is -2.67. The van der Waals surface area contributed by atoms with Crippen molar-refractivity contribution in [3.8, 4) is 0 Å². The molecule has 0 fully saturated rings. The molecule has 0 spiro atoms. The van der Waals surface area contributed by atoms with Crippen LogP contribution in [0.1, 0.15) is 21.5 Å². The van der Waals surface area contributed by atoms with Crippen LogP contribution in [0.3, 0.4) is 0 Å². The Morgan fingerprint density at radius 1 is 0.957 bits per heavy atom. The molecule has 1 aromatic heterocycles. The van der Waals surface area contributed by atoms with Crippen LogP contribution in [0.4, 0.5) is 11.4 Å². The highest BCUT2D eigenvalue weighted by atomic mass is 32.1. The lowest BCUT2D eigenvalue weighted by molar-refractivity contribution is -0.115. The molecule has 6 nitrogen and oxygen atoms in total. The fourth-order valence-corrected chi connectivity index (χ4v) is 2.63. The summed E-state index contributed by atoms with van der Waals surface area (Å²) in [6, 6.07) is 10.3. The SMILES string of the molecule is CC(=O)Nc1ccc(NC(=O)CNC(=O)c2ccc(C)s2)cc1. The van der Waals surface area contributed by atoms with Gasteiger partial charge >= 0.3 is 0 Å². The smallest absolute Gasteiger partial charge is 0.261 e. The molecular weight excluding hydrogens is 314 g/mol. The highest BCUT2D eigenvalue weighted by Crippen LogP contribution is 2.15. The number of nitrogens with one attached hydrogen (secondary N) is 3. The average Bonchev–Trinajstić information content (AvgIpc) is 2.93. The lowest BCUT2D eigenvalue weighted by atomic mass is 10.2. The molecular formula is C16H17N3O3S. The molecule has 7 heteroatoms. The van der Waals surface area contributed by atoms with Gasteiger partial charge in [-0.25, -0.2) is 0 Å². The summed E-state index contributed by atoms with van der Waals surface area (Å²) in [6.45, 7) is 3.23. The highest BCUT2D eigenvalue weighted by Gasteiger charge is 2.10. The van der Waals surface area contributed by atoms with Gasteiger partial charge < -0.3 is 16.0 Å². The van der Waals surface area contributed by atoms with Crippen molar-refractivity contribution in [1.82, 2.24) is 5.32 Å². The third-order valence-corrected chi connectivity index (χ3v) is 3.86. The van der Waals surface area contributed by atoms with Crippen molar-refractivity contribution >= 4 is 40.4 Å². The van der Waals surface area contributed by atoms with Crippen molar-refractivity contribution in [2.75, 3.05) is 17.2 Å². The molecule has 0 unspecified atom stereocenters. The molecule has 0 aliphatic carbocycles. The molecule has 2 rings (SSSR count). The standard InChI is InChI=1S/C16H17N3O3S/c1-10-3-8-14(23-10)16(22)17-9-15(21)19-13-6-4-12(5-7-13)18-11(2)20/h3-8H,9H2,1-2H3,(H,17,22)(H,18,20)(H,19,21). The third-order valence-electron chi connectivity index (χ3n) is 2.86. The summed E-state index contributed by atoms with van der Waals surface area (Å²) in [5.74, 6) is -0.744. The van der Waals surface area contributed by atoms with E-state index in [0.29, 0.717) is 16.3 Å². The molecule has 1 heterocycles. The number of hydrogen-bond acceptors (Lipinski definition) is 4. The molecule has 0 saturated carbocycles. The summed E-state index contributed by atoms with van der Waals surface area (Å²) in [5.41, 5.74) is 1.24. The van der Waals surface area contributed by atoms with E-state index >= 15 is 0 Å². The first-order valence-electron chi connectivity index (χ1n) is 6.96. The monoisotopic (exact) mass is 331 g/mol. The molecule has 0 radical (unpaired) electrons. The average molecular weight is 331 g/mol. The number of anilines is 2. The maximum atomic E-state index is 11.8. The van der Waals surface area contributed by atoms with Crippen LogP contribution < -0.4 is 16.0 Å². The summed E-state index contributed by atoms with van der Waals surface area (Å²) >= 11 is 1.38. The molecule has 0 aliphatic rings. The first-order chi connectivity index (χ1) is 10.9. The van der Waals surface area contributed by atoms with Gasteiger partial charge in [-0.2, -0.15) is 0 Å². The number of aryl methyl sites for hydroxylation is 1. The van der Waals surface area contributed by atoms with E-state index in [9.17, 15) is 14.4 Å². The number of thiophene rings is 1. The van der Waals surface area contributed by atoms with E-state index in [4.69, 9.17) is 0 Å². The van der Waals surface area contributed by atoms with E-state index in [1.54, 1.807) is 30.3 Å². The van der Waals surface area contributed by atoms with Crippen molar-refractivity contribution in [2.24, 2.45) is 0 Å². The van der Waals surface area contributed by atoms with Crippen LogP contribution in [0.2, 0.25) is 0 Å². The molecule has 3 N–H and O–H groups in total. The van der Waals surface area contributed by atoms with Gasteiger partial charge in [-0.1, -0.05) is 0 Å². The molecule has 0 atom stereocenters. The molecule has 1 aromatic carbocycles. The number of rotatable bonds is 5. The molecule has 3 amide bonds. The van der Waals surface area contributed by atoms with Crippen LogP contribution in [0.15, 0.2) is 36.4 Å². The van der Waals surface area contributed by atoms with Gasteiger partial charge in [-0.05, 0) is 43.3 Å². The van der Waals surface area contributed by atoms with Gasteiger partial charge in [0.15, 0.2) is 0 Å². The molecule has 120 valence electrons. The maximum Gasteiger partial charge on any atom is 0.261 e. The quantitative estimate of drug-likeness (QED) is 0.786. The minimum absolute atomic E-state index is 0.108. The van der Waals surface area contributed by atoms with Crippen LogP contribution in [0.5, 0.6) is 0 Å². The van der Waals surface area contributed by atoms with E-state index in [0.717, 1.165) is 4.88 Å². The van der Waals surface area contributed by atoms with Crippen LogP contribution >= 0.6 is 11.3 Å². The van der Waals surface area contributed by atoms with Gasteiger partial charge in [0.1, 0.15) is 0 Å². The van der Waals surface area contributed by atoms with Crippen molar-refractivity contribution < 1.29 is 14.4 Å². The zero-order valence-electron chi connectivity index (χ0n) is 12.8. The number of carbonyl (C=O) groups is 3. The Morgan fingerprint density at radius 2 is 1.57 bits per heavy atom. The van der Waals surface area contributed by atoms with E-state index in [1.165, 1.54) is 18.3 Å². The van der Waals surface area contributed by atoms with Gasteiger partial charge in [0.2, 0.25) is 11.8 Å².